The molecule has 1 fully saturated rings. The predicted octanol–water partition coefficient (Wildman–Crippen LogP) is 1.36. The van der Waals surface area contributed by atoms with Crippen molar-refractivity contribution in [3.05, 3.63) is 33.9 Å². The van der Waals surface area contributed by atoms with Gasteiger partial charge in [0.15, 0.2) is 0 Å². The van der Waals surface area contributed by atoms with E-state index in [4.69, 9.17) is 4.74 Å². The lowest BCUT2D eigenvalue weighted by molar-refractivity contribution is -0.122. The van der Waals surface area contributed by atoms with Gasteiger partial charge in [-0.2, -0.15) is 0 Å². The number of para-hydroxylation sites is 1. The minimum Gasteiger partial charge on any atom is -0.381 e. The molecule has 0 radical (unpaired) electrons. The third-order valence-electron chi connectivity index (χ3n) is 3.46. The number of ether oxygens (including phenoxy) is 1. The van der Waals surface area contributed by atoms with Crippen molar-refractivity contribution in [1.29, 1.82) is 0 Å². The molecule has 6 heteroatoms. The Labute approximate surface area is 120 Å². The number of hydrogen-bond acceptors (Lipinski definition) is 4. The van der Waals surface area contributed by atoms with Crippen molar-refractivity contribution in [3.63, 3.8) is 0 Å². The number of nitrogens with zero attached hydrogens (tertiary/aromatic N) is 1. The maximum absolute atomic E-state index is 12.1. The molecular formula is C14H16N2O3S. The summed E-state index contributed by atoms with van der Waals surface area (Å²) in [5, 5.41) is 2.98. The molecule has 0 aliphatic carbocycles. The smallest absolute Gasteiger partial charge is 0.308 e. The second-order valence-electron chi connectivity index (χ2n) is 4.88. The Kier molecular flexibility index (Phi) is 3.84. The first-order valence-electron chi connectivity index (χ1n) is 6.69. The van der Waals surface area contributed by atoms with Crippen LogP contribution in [0.1, 0.15) is 12.8 Å². The van der Waals surface area contributed by atoms with Gasteiger partial charge in [0.2, 0.25) is 5.91 Å². The molecule has 2 heterocycles. The lowest BCUT2D eigenvalue weighted by Gasteiger charge is -2.23. The van der Waals surface area contributed by atoms with E-state index in [1.165, 1.54) is 15.9 Å². The highest BCUT2D eigenvalue weighted by molar-refractivity contribution is 7.16. The predicted molar refractivity (Wildman–Crippen MR) is 78.1 cm³/mol. The molecule has 5 nitrogen and oxygen atoms in total. The van der Waals surface area contributed by atoms with Crippen molar-refractivity contribution in [2.45, 2.75) is 25.4 Å². The molecule has 20 heavy (non-hydrogen) atoms. The summed E-state index contributed by atoms with van der Waals surface area (Å²) < 4.78 is 7.71. The molecule has 106 valence electrons. The van der Waals surface area contributed by atoms with Crippen molar-refractivity contribution in [2.24, 2.45) is 0 Å². The molecule has 0 atom stereocenters. The minimum atomic E-state index is -0.109. The van der Waals surface area contributed by atoms with Crippen LogP contribution < -0.4 is 10.2 Å². The minimum absolute atomic E-state index is 0.0835. The van der Waals surface area contributed by atoms with E-state index in [9.17, 15) is 9.59 Å². The molecule has 1 aliphatic rings. The molecule has 0 spiro atoms. The number of fused-ring (bicyclic) bond motifs is 1. The van der Waals surface area contributed by atoms with Crippen LogP contribution in [-0.2, 0) is 16.1 Å². The fourth-order valence-corrected chi connectivity index (χ4v) is 3.31. The highest BCUT2D eigenvalue weighted by atomic mass is 32.1. The van der Waals surface area contributed by atoms with E-state index in [2.05, 4.69) is 5.32 Å². The maximum atomic E-state index is 12.1. The summed E-state index contributed by atoms with van der Waals surface area (Å²) in [6, 6.07) is 7.70. The number of nitrogens with one attached hydrogen (secondary N) is 1. The van der Waals surface area contributed by atoms with E-state index in [1.807, 2.05) is 24.3 Å². The monoisotopic (exact) mass is 292 g/mol. The van der Waals surface area contributed by atoms with Gasteiger partial charge >= 0.3 is 4.87 Å². The van der Waals surface area contributed by atoms with Crippen LogP contribution in [-0.4, -0.2) is 29.7 Å². The number of hydrogen-bond donors (Lipinski definition) is 1. The van der Waals surface area contributed by atoms with E-state index in [0.29, 0.717) is 13.2 Å². The zero-order valence-corrected chi connectivity index (χ0v) is 11.8. The Bertz CT molecular complexity index is 670. The molecule has 0 unspecified atom stereocenters. The average molecular weight is 292 g/mol. The quantitative estimate of drug-likeness (QED) is 0.929. The van der Waals surface area contributed by atoms with Gasteiger partial charge in [0.05, 0.1) is 10.2 Å². The zero-order chi connectivity index (χ0) is 13.9. The first kappa shape index (κ1) is 13.3. The topological polar surface area (TPSA) is 60.3 Å². The highest BCUT2D eigenvalue weighted by Gasteiger charge is 2.17. The normalized spacial score (nSPS) is 16.4. The van der Waals surface area contributed by atoms with Crippen LogP contribution in [0.25, 0.3) is 10.2 Å². The summed E-state index contributed by atoms with van der Waals surface area (Å²) in [7, 11) is 0. The van der Waals surface area contributed by atoms with Crippen LogP contribution in [0.4, 0.5) is 0 Å². The first-order valence-corrected chi connectivity index (χ1v) is 7.51. The van der Waals surface area contributed by atoms with E-state index in [0.717, 1.165) is 23.1 Å². The molecule has 1 aliphatic heterocycles. The standard InChI is InChI=1S/C14H16N2O3S/c17-13(15-10-5-7-19-8-6-10)9-16-11-3-1-2-4-12(11)20-14(16)18/h1-4,10H,5-9H2,(H,15,17). The summed E-state index contributed by atoms with van der Waals surface area (Å²) in [5.74, 6) is -0.109. The second-order valence-corrected chi connectivity index (χ2v) is 5.87. The van der Waals surface area contributed by atoms with E-state index in [-0.39, 0.29) is 23.4 Å². The number of thiazole rings is 1. The molecule has 3 rings (SSSR count). The van der Waals surface area contributed by atoms with Gasteiger partial charge in [-0.25, -0.2) is 0 Å². The summed E-state index contributed by atoms with van der Waals surface area (Å²) in [4.78, 5) is 23.9. The Morgan fingerprint density at radius 3 is 2.90 bits per heavy atom. The molecule has 1 saturated heterocycles. The van der Waals surface area contributed by atoms with Gasteiger partial charge in [-0.3, -0.25) is 14.2 Å². The Morgan fingerprint density at radius 2 is 2.10 bits per heavy atom. The van der Waals surface area contributed by atoms with Gasteiger partial charge in [-0.1, -0.05) is 23.5 Å². The molecule has 0 bridgehead atoms. The number of aromatic nitrogens is 1. The van der Waals surface area contributed by atoms with Gasteiger partial charge in [0, 0.05) is 19.3 Å². The van der Waals surface area contributed by atoms with Crippen LogP contribution >= 0.6 is 11.3 Å². The molecule has 1 amide bonds. The summed E-state index contributed by atoms with van der Waals surface area (Å²) in [6.07, 6.45) is 1.68. The molecule has 2 aromatic rings. The lowest BCUT2D eigenvalue weighted by Crippen LogP contribution is -2.41. The van der Waals surface area contributed by atoms with Crippen molar-refractivity contribution in [1.82, 2.24) is 9.88 Å². The molecular weight excluding hydrogens is 276 g/mol. The molecule has 1 aromatic heterocycles. The lowest BCUT2D eigenvalue weighted by atomic mass is 10.1. The molecule has 0 saturated carbocycles. The third kappa shape index (κ3) is 2.76. The number of rotatable bonds is 3. The summed E-state index contributed by atoms with van der Waals surface area (Å²) in [6.45, 7) is 1.46. The van der Waals surface area contributed by atoms with Crippen molar-refractivity contribution < 1.29 is 9.53 Å². The second kappa shape index (κ2) is 5.76. The van der Waals surface area contributed by atoms with Gasteiger partial charge in [-0.05, 0) is 25.0 Å². The van der Waals surface area contributed by atoms with Crippen molar-refractivity contribution >= 4 is 27.5 Å². The molecule has 1 aromatic carbocycles. The largest absolute Gasteiger partial charge is 0.381 e. The third-order valence-corrected chi connectivity index (χ3v) is 4.42. The van der Waals surface area contributed by atoms with Crippen molar-refractivity contribution in [2.75, 3.05) is 13.2 Å². The number of carbonyl (C=O) groups excluding carboxylic acids is 1. The van der Waals surface area contributed by atoms with Gasteiger partial charge in [0.1, 0.15) is 6.54 Å². The number of carbonyl (C=O) groups is 1. The van der Waals surface area contributed by atoms with Gasteiger partial charge in [-0.15, -0.1) is 0 Å². The van der Waals surface area contributed by atoms with Crippen LogP contribution in [0.5, 0.6) is 0 Å². The number of benzene rings is 1. The Balaban J connectivity index is 1.74. The average Bonchev–Trinajstić information content (AvgIpc) is 2.76. The maximum Gasteiger partial charge on any atom is 0.308 e. The van der Waals surface area contributed by atoms with Gasteiger partial charge in [0.25, 0.3) is 0 Å². The zero-order valence-electron chi connectivity index (χ0n) is 11.0. The molecule has 1 N–H and O–H groups in total. The number of amides is 1. The van der Waals surface area contributed by atoms with E-state index < -0.39 is 0 Å². The fourth-order valence-electron chi connectivity index (χ4n) is 2.42. The van der Waals surface area contributed by atoms with Crippen LogP contribution in [0.3, 0.4) is 0 Å². The highest BCUT2D eigenvalue weighted by Crippen LogP contribution is 2.16. The van der Waals surface area contributed by atoms with Crippen LogP contribution in [0.15, 0.2) is 29.1 Å². The van der Waals surface area contributed by atoms with Gasteiger partial charge < -0.3 is 10.1 Å². The Hall–Kier alpha value is -1.66. The van der Waals surface area contributed by atoms with Crippen LogP contribution in [0.2, 0.25) is 0 Å². The van der Waals surface area contributed by atoms with Crippen molar-refractivity contribution in [3.8, 4) is 0 Å². The van der Waals surface area contributed by atoms with E-state index >= 15 is 0 Å². The van der Waals surface area contributed by atoms with Crippen LogP contribution in [0, 0.1) is 0 Å². The first-order chi connectivity index (χ1) is 9.74. The summed E-state index contributed by atoms with van der Waals surface area (Å²) >= 11 is 1.17. The SMILES string of the molecule is O=C(Cn1c(=O)sc2ccccc21)NC1CCOCC1. The summed E-state index contributed by atoms with van der Waals surface area (Å²) in [5.41, 5.74) is 0.824. The fraction of sp³-hybridized carbons (Fsp3) is 0.429. The van der Waals surface area contributed by atoms with E-state index in [1.54, 1.807) is 0 Å². The Morgan fingerprint density at radius 1 is 1.35 bits per heavy atom.